The van der Waals surface area contributed by atoms with Crippen LogP contribution in [-0.2, 0) is 17.6 Å². The number of anilines is 1. The fourth-order valence-electron chi connectivity index (χ4n) is 6.03. The van der Waals surface area contributed by atoms with Gasteiger partial charge in [0, 0.05) is 22.2 Å². The van der Waals surface area contributed by atoms with Gasteiger partial charge in [0.2, 0.25) is 0 Å². The average Bonchev–Trinajstić information content (AvgIpc) is 2.95. The molecule has 2 heterocycles. The Hall–Kier alpha value is -3.54. The molecular weight excluding hydrogens is 468 g/mol. The summed E-state index contributed by atoms with van der Waals surface area (Å²) in [7, 11) is 0. The van der Waals surface area contributed by atoms with Gasteiger partial charge in [-0.25, -0.2) is 0 Å². The Morgan fingerprint density at radius 1 is 0.842 bits per heavy atom. The summed E-state index contributed by atoms with van der Waals surface area (Å²) in [5.41, 5.74) is 6.92. The van der Waals surface area contributed by atoms with E-state index in [-0.39, 0.29) is 5.91 Å². The van der Waals surface area contributed by atoms with E-state index in [0.29, 0.717) is 12.6 Å². The highest BCUT2D eigenvalue weighted by Crippen LogP contribution is 2.30. The number of nitrogens with zero attached hydrogens (tertiary/aromatic N) is 1. The summed E-state index contributed by atoms with van der Waals surface area (Å²) < 4.78 is 0. The Bertz CT molecular complexity index is 1310. The molecule has 5 nitrogen and oxygen atoms in total. The summed E-state index contributed by atoms with van der Waals surface area (Å²) >= 11 is 0. The van der Waals surface area contributed by atoms with Crippen LogP contribution in [-0.4, -0.2) is 43.6 Å². The van der Waals surface area contributed by atoms with Gasteiger partial charge in [-0.05, 0) is 24.5 Å². The molecule has 1 amide bonds. The van der Waals surface area contributed by atoms with Crippen LogP contribution >= 0.6 is 0 Å². The number of hydrogen-bond acceptors (Lipinski definition) is 2. The lowest BCUT2D eigenvalue weighted by Gasteiger charge is -2.35. The lowest BCUT2D eigenvalue weighted by atomic mass is 9.96. The number of nitrogens with one attached hydrogen (secondary N) is 3. The number of amides is 1. The van der Waals surface area contributed by atoms with Gasteiger partial charge in [0.05, 0.1) is 11.2 Å². The first-order valence-corrected chi connectivity index (χ1v) is 14.2. The largest absolute Gasteiger partial charge is 0.320 e. The Balaban J connectivity index is 1.28. The van der Waals surface area contributed by atoms with Crippen molar-refractivity contribution < 1.29 is 14.6 Å². The first kappa shape index (κ1) is 26.1. The van der Waals surface area contributed by atoms with Crippen molar-refractivity contribution in [1.29, 1.82) is 0 Å². The highest BCUT2D eigenvalue weighted by Gasteiger charge is 2.32. The van der Waals surface area contributed by atoms with Crippen LogP contribution in [0.15, 0.2) is 84.9 Å². The van der Waals surface area contributed by atoms with Gasteiger partial charge in [-0.2, -0.15) is 0 Å². The van der Waals surface area contributed by atoms with E-state index in [1.54, 1.807) is 4.90 Å². The molecule has 0 spiro atoms. The summed E-state index contributed by atoms with van der Waals surface area (Å²) in [4.78, 5) is 21.2. The van der Waals surface area contributed by atoms with Crippen LogP contribution in [0.25, 0.3) is 10.9 Å². The van der Waals surface area contributed by atoms with Crippen molar-refractivity contribution in [2.24, 2.45) is 0 Å². The topological polar surface area (TPSA) is 50.9 Å². The molecule has 1 saturated heterocycles. The molecule has 38 heavy (non-hydrogen) atoms. The first-order chi connectivity index (χ1) is 18.7. The van der Waals surface area contributed by atoms with E-state index in [0.717, 1.165) is 67.7 Å². The number of carbonyl (C=O) groups excluding carboxylic acids is 1. The minimum Gasteiger partial charge on any atom is -0.320 e. The predicted octanol–water partition coefficient (Wildman–Crippen LogP) is 3.26. The molecule has 3 aromatic carbocycles. The zero-order chi connectivity index (χ0) is 26.3. The van der Waals surface area contributed by atoms with Crippen LogP contribution in [0.4, 0.5) is 5.69 Å². The Morgan fingerprint density at radius 2 is 1.45 bits per heavy atom. The smallest absolute Gasteiger partial charge is 0.279 e. The van der Waals surface area contributed by atoms with Crippen molar-refractivity contribution in [3.8, 4) is 0 Å². The van der Waals surface area contributed by atoms with Gasteiger partial charge in [0.15, 0.2) is 6.54 Å². The molecule has 4 aromatic rings. The number of piperazine rings is 1. The highest BCUT2D eigenvalue weighted by atomic mass is 16.2. The van der Waals surface area contributed by atoms with Gasteiger partial charge in [-0.3, -0.25) is 9.78 Å². The lowest BCUT2D eigenvalue weighted by Crippen LogP contribution is -3.28. The number of pyridine rings is 1. The molecule has 0 bridgehead atoms. The molecule has 0 radical (unpaired) electrons. The summed E-state index contributed by atoms with van der Waals surface area (Å²) in [5.74, 6) is 0.0969. The van der Waals surface area contributed by atoms with Crippen molar-refractivity contribution >= 4 is 22.5 Å². The monoisotopic (exact) mass is 508 g/mol. The molecule has 5 heteroatoms. The van der Waals surface area contributed by atoms with E-state index in [4.69, 9.17) is 4.98 Å². The lowest BCUT2D eigenvalue weighted by molar-refractivity contribution is -1.02. The van der Waals surface area contributed by atoms with Crippen molar-refractivity contribution in [3.05, 3.63) is 107 Å². The van der Waals surface area contributed by atoms with Crippen LogP contribution in [0.2, 0.25) is 0 Å². The number of rotatable bonds is 9. The van der Waals surface area contributed by atoms with E-state index < -0.39 is 0 Å². The second kappa shape index (κ2) is 12.3. The molecular formula is C33H40N4O+2. The molecule has 3 N–H and O–H groups in total. The standard InChI is InChI=1S/C33H38N4O/c1-3-13-29-27(4-2)32(28-18-11-12-19-30(28)34-29)35-31(38)24-36-20-22-37(23-21-36)33(25-14-7-5-8-15-25)26-16-9-6-10-17-26/h5-12,14-19,33H,3-4,13,20-24H2,1-2H3,(H,34,35,38)/p+2. The van der Waals surface area contributed by atoms with E-state index in [2.05, 4.69) is 85.9 Å². The summed E-state index contributed by atoms with van der Waals surface area (Å²) in [6, 6.07) is 30.2. The van der Waals surface area contributed by atoms with Crippen molar-refractivity contribution in [1.82, 2.24) is 4.98 Å². The van der Waals surface area contributed by atoms with Gasteiger partial charge >= 0.3 is 0 Å². The Labute approximate surface area is 226 Å². The number of aromatic nitrogens is 1. The second-order valence-corrected chi connectivity index (χ2v) is 10.4. The number of benzene rings is 3. The molecule has 5 rings (SSSR count). The van der Waals surface area contributed by atoms with Crippen LogP contribution < -0.4 is 15.1 Å². The van der Waals surface area contributed by atoms with E-state index >= 15 is 0 Å². The number of para-hydroxylation sites is 1. The third-order valence-corrected chi connectivity index (χ3v) is 7.87. The van der Waals surface area contributed by atoms with Gasteiger partial charge in [0.1, 0.15) is 32.2 Å². The SMILES string of the molecule is CCCc1nc2ccccc2c(NC(=O)C[NH+]2CC[NH+](C(c3ccccc3)c3ccccc3)CC2)c1CC. The average molecular weight is 509 g/mol. The number of fused-ring (bicyclic) bond motifs is 1. The molecule has 1 aliphatic heterocycles. The molecule has 0 atom stereocenters. The van der Waals surface area contributed by atoms with E-state index in [9.17, 15) is 4.79 Å². The zero-order valence-electron chi connectivity index (χ0n) is 22.7. The molecule has 196 valence electrons. The molecule has 1 aliphatic rings. The van der Waals surface area contributed by atoms with Gasteiger partial charge in [-0.15, -0.1) is 0 Å². The fourth-order valence-corrected chi connectivity index (χ4v) is 6.03. The van der Waals surface area contributed by atoms with Crippen LogP contribution in [0.5, 0.6) is 0 Å². The maximum Gasteiger partial charge on any atom is 0.279 e. The predicted molar refractivity (Wildman–Crippen MR) is 155 cm³/mol. The molecule has 1 aromatic heterocycles. The van der Waals surface area contributed by atoms with Crippen molar-refractivity contribution in [3.63, 3.8) is 0 Å². The van der Waals surface area contributed by atoms with Crippen LogP contribution in [0.1, 0.15) is 48.7 Å². The minimum atomic E-state index is 0.0969. The number of quaternary nitrogens is 2. The van der Waals surface area contributed by atoms with E-state index in [1.807, 2.05) is 18.2 Å². The molecule has 0 aliphatic carbocycles. The first-order valence-electron chi connectivity index (χ1n) is 14.2. The summed E-state index contributed by atoms with van der Waals surface area (Å²) in [6.45, 7) is 8.88. The Morgan fingerprint density at radius 3 is 2.05 bits per heavy atom. The normalized spacial score (nSPS) is 17.6. The Kier molecular flexibility index (Phi) is 8.47. The van der Waals surface area contributed by atoms with Crippen molar-refractivity contribution in [2.75, 3.05) is 38.0 Å². The third kappa shape index (κ3) is 5.79. The van der Waals surface area contributed by atoms with Crippen LogP contribution in [0, 0.1) is 0 Å². The van der Waals surface area contributed by atoms with Crippen molar-refractivity contribution in [2.45, 2.75) is 39.2 Å². The highest BCUT2D eigenvalue weighted by molar-refractivity contribution is 6.02. The minimum absolute atomic E-state index is 0.0969. The maximum absolute atomic E-state index is 13.4. The second-order valence-electron chi connectivity index (χ2n) is 10.4. The number of hydrogen-bond donors (Lipinski definition) is 3. The quantitative estimate of drug-likeness (QED) is 0.325. The number of aryl methyl sites for hydroxylation is 1. The molecule has 0 unspecified atom stereocenters. The van der Waals surface area contributed by atoms with Gasteiger partial charge < -0.3 is 15.1 Å². The van der Waals surface area contributed by atoms with E-state index in [1.165, 1.54) is 21.6 Å². The maximum atomic E-state index is 13.4. The summed E-state index contributed by atoms with van der Waals surface area (Å²) in [5, 5.41) is 4.37. The molecule has 1 fully saturated rings. The zero-order valence-corrected chi connectivity index (χ0v) is 22.7. The van der Waals surface area contributed by atoms with Gasteiger partial charge in [-0.1, -0.05) is 99.1 Å². The molecule has 0 saturated carbocycles. The fraction of sp³-hybridized carbons (Fsp3) is 0.333. The number of carbonyl (C=O) groups is 1. The summed E-state index contributed by atoms with van der Waals surface area (Å²) in [6.07, 6.45) is 2.82. The third-order valence-electron chi connectivity index (χ3n) is 7.87. The van der Waals surface area contributed by atoms with Crippen LogP contribution in [0.3, 0.4) is 0 Å². The van der Waals surface area contributed by atoms with Gasteiger partial charge in [0.25, 0.3) is 5.91 Å².